The monoisotopic (exact) mass is 453 g/mol. The van der Waals surface area contributed by atoms with Gasteiger partial charge in [0.2, 0.25) is 5.91 Å². The quantitative estimate of drug-likeness (QED) is 0.634. The minimum Gasteiger partial charge on any atom is -0.444 e. The lowest BCUT2D eigenvalue weighted by Gasteiger charge is -2.41. The summed E-state index contributed by atoms with van der Waals surface area (Å²) >= 11 is 0. The van der Waals surface area contributed by atoms with Gasteiger partial charge in [0.25, 0.3) is 0 Å². The minimum absolute atomic E-state index is 0.0787. The number of aromatic amines is 1. The molecular weight excluding hydrogens is 414 g/mol. The van der Waals surface area contributed by atoms with Crippen LogP contribution in [0.15, 0.2) is 24.3 Å². The summed E-state index contributed by atoms with van der Waals surface area (Å²) in [4.78, 5) is 31.4. The molecule has 1 saturated carbocycles. The van der Waals surface area contributed by atoms with Crippen molar-refractivity contribution in [3.8, 4) is 0 Å². The van der Waals surface area contributed by atoms with Gasteiger partial charge in [-0.3, -0.25) is 4.79 Å². The van der Waals surface area contributed by atoms with Crippen LogP contribution in [0.25, 0.3) is 10.9 Å². The molecule has 2 heterocycles. The van der Waals surface area contributed by atoms with Crippen LogP contribution in [0.1, 0.15) is 77.6 Å². The van der Waals surface area contributed by atoms with E-state index in [0.717, 1.165) is 38.6 Å². The zero-order valence-electron chi connectivity index (χ0n) is 20.7. The number of hydrogen-bond acceptors (Lipinski definition) is 3. The number of benzene rings is 1. The molecule has 6 heteroatoms. The van der Waals surface area contributed by atoms with Gasteiger partial charge in [-0.25, -0.2) is 4.79 Å². The number of amides is 2. The zero-order chi connectivity index (χ0) is 23.8. The second kappa shape index (κ2) is 9.40. The summed E-state index contributed by atoms with van der Waals surface area (Å²) in [6.45, 7) is 11.4. The van der Waals surface area contributed by atoms with Crippen molar-refractivity contribution in [2.24, 2.45) is 17.8 Å². The molecule has 6 nitrogen and oxygen atoms in total. The topological polar surface area (TPSA) is 74.4 Å². The van der Waals surface area contributed by atoms with Gasteiger partial charge in [-0.05, 0) is 76.3 Å². The average molecular weight is 454 g/mol. The first kappa shape index (κ1) is 23.7. The standard InChI is InChI=1S/C27H39N3O3/c1-17(2)24-23-21(20-8-6-7-9-22(20)29-23)14-15-30(24)25(31)19-12-10-18(11-13-19)16-28-26(32)33-27(3,4)5/h6-9,17-19,24,29H,10-16H2,1-5H3,(H,28,32). The summed E-state index contributed by atoms with van der Waals surface area (Å²) in [7, 11) is 0. The van der Waals surface area contributed by atoms with Crippen LogP contribution in [0, 0.1) is 17.8 Å². The average Bonchev–Trinajstić information content (AvgIpc) is 3.14. The van der Waals surface area contributed by atoms with Gasteiger partial charge < -0.3 is 19.9 Å². The second-order valence-electron chi connectivity index (χ2n) is 11.1. The van der Waals surface area contributed by atoms with Crippen LogP contribution in [0.4, 0.5) is 4.79 Å². The van der Waals surface area contributed by atoms with E-state index in [9.17, 15) is 9.59 Å². The Bertz CT molecular complexity index is 996. The Morgan fingerprint density at radius 1 is 1.15 bits per heavy atom. The van der Waals surface area contributed by atoms with E-state index in [1.54, 1.807) is 0 Å². The lowest BCUT2D eigenvalue weighted by molar-refractivity contribution is -0.141. The summed E-state index contributed by atoms with van der Waals surface area (Å²) in [6.07, 6.45) is 4.25. The molecule has 0 saturated heterocycles. The first-order chi connectivity index (χ1) is 15.6. The van der Waals surface area contributed by atoms with Crippen molar-refractivity contribution in [1.29, 1.82) is 0 Å². The molecule has 1 aliphatic heterocycles. The van der Waals surface area contributed by atoms with Crippen molar-refractivity contribution in [1.82, 2.24) is 15.2 Å². The normalized spacial score (nSPS) is 23.5. The Balaban J connectivity index is 1.38. The van der Waals surface area contributed by atoms with Gasteiger partial charge in [-0.1, -0.05) is 32.0 Å². The fraction of sp³-hybridized carbons (Fsp3) is 0.630. The molecule has 1 aromatic carbocycles. The molecule has 0 radical (unpaired) electrons. The van der Waals surface area contributed by atoms with E-state index in [-0.39, 0.29) is 18.1 Å². The van der Waals surface area contributed by atoms with E-state index in [1.165, 1.54) is 22.2 Å². The fourth-order valence-electron chi connectivity index (χ4n) is 5.60. The summed E-state index contributed by atoms with van der Waals surface area (Å²) in [5.74, 6) is 1.13. The number of fused-ring (bicyclic) bond motifs is 3. The van der Waals surface area contributed by atoms with Crippen LogP contribution in [0.3, 0.4) is 0 Å². The first-order valence-electron chi connectivity index (χ1n) is 12.5. The van der Waals surface area contributed by atoms with Gasteiger partial charge in [0.1, 0.15) is 5.60 Å². The number of H-pyrrole nitrogens is 1. The Morgan fingerprint density at radius 2 is 1.85 bits per heavy atom. The molecule has 2 aliphatic rings. The van der Waals surface area contributed by atoms with Crippen molar-refractivity contribution in [2.45, 2.75) is 78.4 Å². The van der Waals surface area contributed by atoms with Gasteiger partial charge in [0, 0.05) is 35.6 Å². The summed E-state index contributed by atoms with van der Waals surface area (Å²) < 4.78 is 5.34. The molecule has 4 rings (SSSR count). The van der Waals surface area contributed by atoms with E-state index in [1.807, 2.05) is 20.8 Å². The first-order valence-corrected chi connectivity index (χ1v) is 12.5. The molecule has 1 aromatic heterocycles. The highest BCUT2D eigenvalue weighted by Gasteiger charge is 2.38. The Morgan fingerprint density at radius 3 is 2.52 bits per heavy atom. The molecule has 33 heavy (non-hydrogen) atoms. The van der Waals surface area contributed by atoms with Crippen LogP contribution >= 0.6 is 0 Å². The van der Waals surface area contributed by atoms with Crippen LogP contribution in [0.2, 0.25) is 0 Å². The smallest absolute Gasteiger partial charge is 0.407 e. The Labute approximate surface area is 197 Å². The molecule has 2 N–H and O–H groups in total. The van der Waals surface area contributed by atoms with Crippen molar-refractivity contribution < 1.29 is 14.3 Å². The number of carbonyl (C=O) groups excluding carboxylic acids is 2. The highest BCUT2D eigenvalue weighted by molar-refractivity contribution is 5.86. The van der Waals surface area contributed by atoms with Gasteiger partial charge in [0.15, 0.2) is 0 Å². The largest absolute Gasteiger partial charge is 0.444 e. The highest BCUT2D eigenvalue weighted by Crippen LogP contribution is 2.40. The van der Waals surface area contributed by atoms with Gasteiger partial charge in [-0.15, -0.1) is 0 Å². The molecule has 2 aromatic rings. The summed E-state index contributed by atoms with van der Waals surface area (Å²) in [5, 5.41) is 4.20. The van der Waals surface area contributed by atoms with Crippen LogP contribution in [-0.2, 0) is 16.0 Å². The lowest BCUT2D eigenvalue weighted by Crippen LogP contribution is -2.46. The number of rotatable bonds is 4. The molecule has 0 bridgehead atoms. The van der Waals surface area contributed by atoms with Crippen LogP contribution < -0.4 is 5.32 Å². The third kappa shape index (κ3) is 5.20. The van der Waals surface area contributed by atoms with Gasteiger partial charge in [0.05, 0.1) is 6.04 Å². The van der Waals surface area contributed by atoms with Gasteiger partial charge in [-0.2, -0.15) is 0 Å². The SMILES string of the molecule is CC(C)C1c2[nH]c3ccccc3c2CCN1C(=O)C1CCC(CNC(=O)OC(C)(C)C)CC1. The van der Waals surface area contributed by atoms with E-state index >= 15 is 0 Å². The third-order valence-corrected chi connectivity index (χ3v) is 7.13. The molecule has 2 amide bonds. The fourth-order valence-corrected chi connectivity index (χ4v) is 5.60. The molecule has 1 aliphatic carbocycles. The number of aromatic nitrogens is 1. The lowest BCUT2D eigenvalue weighted by atomic mass is 9.80. The third-order valence-electron chi connectivity index (χ3n) is 7.13. The number of nitrogens with one attached hydrogen (secondary N) is 2. The molecule has 1 unspecified atom stereocenters. The summed E-state index contributed by atoms with van der Waals surface area (Å²) in [6, 6.07) is 8.57. The van der Waals surface area contributed by atoms with Crippen molar-refractivity contribution in [2.75, 3.05) is 13.1 Å². The number of nitrogens with zero attached hydrogens (tertiary/aromatic N) is 1. The number of alkyl carbamates (subject to hydrolysis) is 1. The zero-order valence-corrected chi connectivity index (χ0v) is 20.7. The predicted octanol–water partition coefficient (Wildman–Crippen LogP) is 5.58. The number of para-hydroxylation sites is 1. The predicted molar refractivity (Wildman–Crippen MR) is 131 cm³/mol. The minimum atomic E-state index is -0.486. The van der Waals surface area contributed by atoms with Crippen molar-refractivity contribution >= 4 is 22.9 Å². The Kier molecular flexibility index (Phi) is 6.73. The second-order valence-corrected chi connectivity index (χ2v) is 11.1. The molecule has 1 atom stereocenters. The molecular formula is C27H39N3O3. The number of hydrogen-bond donors (Lipinski definition) is 2. The van der Waals surface area contributed by atoms with Crippen molar-refractivity contribution in [3.63, 3.8) is 0 Å². The number of ether oxygens (including phenoxy) is 1. The van der Waals surface area contributed by atoms with E-state index in [0.29, 0.717) is 24.3 Å². The molecule has 0 spiro atoms. The van der Waals surface area contributed by atoms with Gasteiger partial charge >= 0.3 is 6.09 Å². The maximum Gasteiger partial charge on any atom is 0.407 e. The molecule has 1 fully saturated rings. The maximum absolute atomic E-state index is 13.6. The summed E-state index contributed by atoms with van der Waals surface area (Å²) in [5.41, 5.74) is 3.28. The number of carbonyl (C=O) groups is 2. The molecule has 180 valence electrons. The van der Waals surface area contributed by atoms with Crippen molar-refractivity contribution in [3.05, 3.63) is 35.5 Å². The maximum atomic E-state index is 13.6. The Hall–Kier alpha value is -2.50. The highest BCUT2D eigenvalue weighted by atomic mass is 16.6. The van der Waals surface area contributed by atoms with Crippen LogP contribution in [0.5, 0.6) is 0 Å². The van der Waals surface area contributed by atoms with E-state index in [4.69, 9.17) is 4.74 Å². The van der Waals surface area contributed by atoms with Crippen LogP contribution in [-0.4, -0.2) is 40.6 Å². The van der Waals surface area contributed by atoms with E-state index in [2.05, 4.69) is 53.3 Å². The van der Waals surface area contributed by atoms with E-state index < -0.39 is 5.60 Å².